The van der Waals surface area contributed by atoms with Gasteiger partial charge < -0.3 is 4.57 Å². The van der Waals surface area contributed by atoms with Gasteiger partial charge in [-0.3, -0.25) is 0 Å². The zero-order valence-corrected chi connectivity index (χ0v) is 16.1. The molecule has 0 radical (unpaired) electrons. The molecule has 3 heteroatoms. The van der Waals surface area contributed by atoms with Crippen LogP contribution in [0.4, 0.5) is 0 Å². The standard InChI is InChI=1S/C18H17N3.2C2H6/c1-2-3-12-21-16-11-7-4-8-13(16)17-18(21)20-15-10-6-5-9-14(15)19-17;2*1-2/h4-11H,2-3,12H2,1H3;2*1-2H3. The van der Waals surface area contributed by atoms with Gasteiger partial charge in [0.2, 0.25) is 0 Å². The van der Waals surface area contributed by atoms with Gasteiger partial charge in [0, 0.05) is 11.9 Å². The van der Waals surface area contributed by atoms with Gasteiger partial charge in [-0.25, -0.2) is 9.97 Å². The van der Waals surface area contributed by atoms with Gasteiger partial charge in [0.25, 0.3) is 0 Å². The summed E-state index contributed by atoms with van der Waals surface area (Å²) in [4.78, 5) is 9.72. The van der Waals surface area contributed by atoms with Gasteiger partial charge in [0.05, 0.1) is 16.6 Å². The molecule has 0 fully saturated rings. The van der Waals surface area contributed by atoms with Crippen LogP contribution in [0.2, 0.25) is 0 Å². The van der Waals surface area contributed by atoms with Crippen LogP contribution >= 0.6 is 0 Å². The molecule has 0 N–H and O–H groups in total. The number of aryl methyl sites for hydroxylation is 1. The van der Waals surface area contributed by atoms with E-state index < -0.39 is 0 Å². The molecule has 4 aromatic rings. The molecule has 2 heterocycles. The fraction of sp³-hybridized carbons (Fsp3) is 0.364. The third-order valence-corrected chi connectivity index (χ3v) is 3.99. The Hall–Kier alpha value is -2.42. The number of nitrogens with zero attached hydrogens (tertiary/aromatic N) is 3. The summed E-state index contributed by atoms with van der Waals surface area (Å²) in [5, 5.41) is 1.20. The minimum Gasteiger partial charge on any atom is -0.324 e. The van der Waals surface area contributed by atoms with Crippen LogP contribution in [0.3, 0.4) is 0 Å². The van der Waals surface area contributed by atoms with Crippen LogP contribution in [0.5, 0.6) is 0 Å². The van der Waals surface area contributed by atoms with E-state index in [1.54, 1.807) is 0 Å². The van der Waals surface area contributed by atoms with Crippen LogP contribution in [0.1, 0.15) is 47.5 Å². The predicted octanol–water partition coefficient (Wildman–Crippen LogP) is 6.59. The number of para-hydroxylation sites is 3. The number of rotatable bonds is 3. The van der Waals surface area contributed by atoms with E-state index in [0.717, 1.165) is 35.2 Å². The third-order valence-electron chi connectivity index (χ3n) is 3.99. The first-order chi connectivity index (χ1) is 12.4. The largest absolute Gasteiger partial charge is 0.324 e. The topological polar surface area (TPSA) is 30.7 Å². The Labute approximate surface area is 150 Å². The maximum absolute atomic E-state index is 4.87. The maximum Gasteiger partial charge on any atom is 0.160 e. The van der Waals surface area contributed by atoms with Crippen LogP contribution < -0.4 is 0 Å². The normalized spacial score (nSPS) is 10.3. The van der Waals surface area contributed by atoms with E-state index in [-0.39, 0.29) is 0 Å². The van der Waals surface area contributed by atoms with Gasteiger partial charge in [-0.2, -0.15) is 0 Å². The average Bonchev–Trinajstić information content (AvgIpc) is 3.00. The summed E-state index contributed by atoms with van der Waals surface area (Å²) in [5.41, 5.74) is 5.17. The quantitative estimate of drug-likeness (QED) is 0.423. The molecule has 0 saturated heterocycles. The van der Waals surface area contributed by atoms with Crippen molar-refractivity contribution in [2.24, 2.45) is 0 Å². The van der Waals surface area contributed by atoms with Gasteiger partial charge in [0.1, 0.15) is 5.52 Å². The zero-order valence-electron chi connectivity index (χ0n) is 16.1. The second-order valence-corrected chi connectivity index (χ2v) is 5.41. The first-order valence-corrected chi connectivity index (χ1v) is 9.52. The van der Waals surface area contributed by atoms with Crippen LogP contribution in [-0.2, 0) is 6.54 Å². The second kappa shape index (κ2) is 9.16. The number of hydrogen-bond donors (Lipinski definition) is 0. The van der Waals surface area contributed by atoms with Crippen molar-refractivity contribution in [3.63, 3.8) is 0 Å². The molecule has 0 atom stereocenters. The van der Waals surface area contributed by atoms with Crippen molar-refractivity contribution in [3.8, 4) is 0 Å². The fourth-order valence-electron chi connectivity index (χ4n) is 2.93. The van der Waals surface area contributed by atoms with Crippen molar-refractivity contribution in [1.29, 1.82) is 0 Å². The lowest BCUT2D eigenvalue weighted by molar-refractivity contribution is 0.661. The third kappa shape index (κ3) is 3.65. The SMILES string of the molecule is CC.CC.CCCCn1c2ccccc2c2nc3ccccc3nc21. The summed E-state index contributed by atoms with van der Waals surface area (Å²) in [7, 11) is 0. The minimum absolute atomic E-state index is 0.961. The molecule has 4 rings (SSSR count). The molecule has 0 aliphatic carbocycles. The van der Waals surface area contributed by atoms with E-state index in [9.17, 15) is 0 Å². The molecule has 0 unspecified atom stereocenters. The fourth-order valence-corrected chi connectivity index (χ4v) is 2.93. The Bertz CT molecular complexity index is 938. The molecule has 2 aromatic heterocycles. The molecule has 0 spiro atoms. The lowest BCUT2D eigenvalue weighted by atomic mass is 10.2. The molecule has 0 aliphatic heterocycles. The highest BCUT2D eigenvalue weighted by Gasteiger charge is 2.13. The molecule has 3 nitrogen and oxygen atoms in total. The van der Waals surface area contributed by atoms with Gasteiger partial charge in [-0.1, -0.05) is 71.4 Å². The zero-order chi connectivity index (χ0) is 18.2. The predicted molar refractivity (Wildman–Crippen MR) is 110 cm³/mol. The van der Waals surface area contributed by atoms with Crippen LogP contribution in [0, 0.1) is 0 Å². The smallest absolute Gasteiger partial charge is 0.160 e. The van der Waals surface area contributed by atoms with Gasteiger partial charge in [0.15, 0.2) is 5.65 Å². The summed E-state index contributed by atoms with van der Waals surface area (Å²) in [6, 6.07) is 16.6. The van der Waals surface area contributed by atoms with Crippen molar-refractivity contribution < 1.29 is 0 Å². The Kier molecular flexibility index (Phi) is 6.93. The molecule has 2 aromatic carbocycles. The molecule has 0 aliphatic rings. The van der Waals surface area contributed by atoms with Crippen molar-refractivity contribution in [3.05, 3.63) is 48.5 Å². The highest BCUT2D eigenvalue weighted by Crippen LogP contribution is 2.28. The first kappa shape index (κ1) is 18.9. The maximum atomic E-state index is 4.87. The molecular weight excluding hydrogens is 306 g/mol. The van der Waals surface area contributed by atoms with Crippen LogP contribution in [0.25, 0.3) is 33.1 Å². The minimum atomic E-state index is 0.961. The van der Waals surface area contributed by atoms with Gasteiger partial charge in [-0.05, 0) is 24.6 Å². The summed E-state index contributed by atoms with van der Waals surface area (Å²) in [6.07, 6.45) is 2.33. The van der Waals surface area contributed by atoms with E-state index in [4.69, 9.17) is 9.97 Å². The Morgan fingerprint density at radius 2 is 1.40 bits per heavy atom. The van der Waals surface area contributed by atoms with Crippen molar-refractivity contribution in [2.45, 2.75) is 54.0 Å². The highest BCUT2D eigenvalue weighted by molar-refractivity contribution is 6.06. The van der Waals surface area contributed by atoms with E-state index in [0.29, 0.717) is 0 Å². The lowest BCUT2D eigenvalue weighted by Gasteiger charge is -2.05. The van der Waals surface area contributed by atoms with Crippen LogP contribution in [-0.4, -0.2) is 14.5 Å². The number of unbranched alkanes of at least 4 members (excludes halogenated alkanes) is 1. The van der Waals surface area contributed by atoms with E-state index in [2.05, 4.69) is 35.8 Å². The monoisotopic (exact) mass is 335 g/mol. The molecule has 0 amide bonds. The second-order valence-electron chi connectivity index (χ2n) is 5.41. The Morgan fingerprint density at radius 3 is 2.08 bits per heavy atom. The summed E-state index contributed by atoms with van der Waals surface area (Å²) < 4.78 is 2.31. The van der Waals surface area contributed by atoms with Gasteiger partial charge >= 0.3 is 0 Å². The molecule has 132 valence electrons. The molecular formula is C22H29N3. The number of fused-ring (bicyclic) bond motifs is 4. The lowest BCUT2D eigenvalue weighted by Crippen LogP contribution is -1.99. The first-order valence-electron chi connectivity index (χ1n) is 9.52. The average molecular weight is 335 g/mol. The highest BCUT2D eigenvalue weighted by atomic mass is 15.1. The molecule has 25 heavy (non-hydrogen) atoms. The summed E-state index contributed by atoms with van der Waals surface area (Å²) in [5.74, 6) is 0. The van der Waals surface area contributed by atoms with Crippen LogP contribution in [0.15, 0.2) is 48.5 Å². The number of aromatic nitrogens is 3. The van der Waals surface area contributed by atoms with Crippen molar-refractivity contribution in [2.75, 3.05) is 0 Å². The molecule has 0 bridgehead atoms. The Morgan fingerprint density at radius 1 is 0.800 bits per heavy atom. The Balaban J connectivity index is 0.000000528. The summed E-state index contributed by atoms with van der Waals surface area (Å²) in [6.45, 7) is 11.2. The number of hydrogen-bond acceptors (Lipinski definition) is 2. The molecule has 0 saturated carbocycles. The van der Waals surface area contributed by atoms with E-state index >= 15 is 0 Å². The van der Waals surface area contributed by atoms with E-state index in [1.165, 1.54) is 17.3 Å². The van der Waals surface area contributed by atoms with Gasteiger partial charge in [-0.15, -0.1) is 0 Å². The number of benzene rings is 2. The van der Waals surface area contributed by atoms with E-state index in [1.807, 2.05) is 52.0 Å². The van der Waals surface area contributed by atoms with Crippen molar-refractivity contribution in [1.82, 2.24) is 14.5 Å². The summed E-state index contributed by atoms with van der Waals surface area (Å²) >= 11 is 0. The van der Waals surface area contributed by atoms with Crippen molar-refractivity contribution >= 4 is 33.1 Å².